The minimum Gasteiger partial charge on any atom is -0.255 e. The Hall–Kier alpha value is -3.36. The van der Waals surface area contributed by atoms with Gasteiger partial charge in [0, 0.05) is 32.5 Å². The molecule has 1 aliphatic heterocycles. The molecule has 7 rings (SSSR count). The summed E-state index contributed by atoms with van der Waals surface area (Å²) in [6, 6.07) is 35.3. The van der Waals surface area contributed by atoms with Crippen molar-refractivity contribution >= 4 is 22.5 Å². The number of rotatable bonds is 0. The topological polar surface area (TPSA) is 12.9 Å². The van der Waals surface area contributed by atoms with E-state index in [-0.39, 0.29) is 5.41 Å². The number of pyridine rings is 1. The molecule has 4 aromatic carbocycles. The van der Waals surface area contributed by atoms with Crippen LogP contribution in [0, 0.1) is 0 Å². The van der Waals surface area contributed by atoms with Crippen LogP contribution in [0.2, 0.25) is 0 Å². The van der Waals surface area contributed by atoms with Crippen molar-refractivity contribution in [1.29, 1.82) is 0 Å². The largest absolute Gasteiger partial charge is 0.255 e. The summed E-state index contributed by atoms with van der Waals surface area (Å²) in [5.74, 6) is 0. The number of hydrogen-bond donors (Lipinski definition) is 0. The summed E-state index contributed by atoms with van der Waals surface area (Å²) in [6.45, 7) is 0. The summed E-state index contributed by atoms with van der Waals surface area (Å²) in [5.41, 5.74) is 7.39. The van der Waals surface area contributed by atoms with E-state index in [4.69, 9.17) is 4.98 Å². The monoisotopic (exact) mass is 399 g/mol. The second kappa shape index (κ2) is 5.84. The van der Waals surface area contributed by atoms with E-state index in [1.54, 1.807) is 0 Å². The molecule has 30 heavy (non-hydrogen) atoms. The van der Waals surface area contributed by atoms with Crippen molar-refractivity contribution in [3.63, 3.8) is 0 Å². The molecular formula is C28H17NS. The molecule has 2 aliphatic rings. The van der Waals surface area contributed by atoms with Crippen LogP contribution in [0.15, 0.2) is 113 Å². The van der Waals surface area contributed by atoms with Crippen molar-refractivity contribution in [3.05, 3.63) is 126 Å². The normalized spacial score (nSPS) is 14.8. The molecule has 0 saturated carbocycles. The van der Waals surface area contributed by atoms with E-state index in [1.165, 1.54) is 48.4 Å². The standard InChI is InChI=1S/C28H17NS/c1-2-10-19-18(9-1)17-29-27-20-11-3-4-12-21(20)28(26(19)27)22-13-5-7-15-24(22)30-25-16-8-6-14-23(25)28/h1-17H. The van der Waals surface area contributed by atoms with Gasteiger partial charge in [0.05, 0.1) is 11.1 Å². The molecule has 140 valence electrons. The molecule has 1 nitrogen and oxygen atoms in total. The Balaban J connectivity index is 1.78. The highest BCUT2D eigenvalue weighted by Crippen LogP contribution is 2.62. The minimum absolute atomic E-state index is 0.349. The maximum absolute atomic E-state index is 5.02. The van der Waals surface area contributed by atoms with E-state index in [0.29, 0.717) is 0 Å². The van der Waals surface area contributed by atoms with Gasteiger partial charge in [0.15, 0.2) is 0 Å². The number of aromatic nitrogens is 1. The van der Waals surface area contributed by atoms with Gasteiger partial charge in [0.1, 0.15) is 0 Å². The number of benzene rings is 4. The summed E-state index contributed by atoms with van der Waals surface area (Å²) in [5, 5.41) is 2.48. The third kappa shape index (κ3) is 1.88. The van der Waals surface area contributed by atoms with E-state index in [2.05, 4.69) is 97.1 Å². The average molecular weight is 400 g/mol. The summed E-state index contributed by atoms with van der Waals surface area (Å²) in [7, 11) is 0. The summed E-state index contributed by atoms with van der Waals surface area (Å²) >= 11 is 1.88. The number of hydrogen-bond acceptors (Lipinski definition) is 2. The fourth-order valence-electron chi connectivity index (χ4n) is 5.45. The van der Waals surface area contributed by atoms with Gasteiger partial charge in [-0.3, -0.25) is 4.98 Å². The predicted octanol–water partition coefficient (Wildman–Crippen LogP) is 7.06. The van der Waals surface area contributed by atoms with Gasteiger partial charge in [-0.1, -0.05) is 96.7 Å². The molecule has 0 amide bonds. The molecule has 1 aromatic heterocycles. The van der Waals surface area contributed by atoms with E-state index < -0.39 is 0 Å². The Morgan fingerprint density at radius 1 is 0.600 bits per heavy atom. The van der Waals surface area contributed by atoms with Gasteiger partial charge in [-0.05, 0) is 34.2 Å². The van der Waals surface area contributed by atoms with Crippen LogP contribution in [0.1, 0.15) is 22.3 Å². The second-order valence-electron chi connectivity index (χ2n) is 7.96. The molecule has 0 saturated heterocycles. The maximum Gasteiger partial charge on any atom is 0.0759 e. The van der Waals surface area contributed by atoms with Crippen LogP contribution in [-0.4, -0.2) is 4.98 Å². The van der Waals surface area contributed by atoms with E-state index in [9.17, 15) is 0 Å². The van der Waals surface area contributed by atoms with Crippen molar-refractivity contribution in [2.24, 2.45) is 0 Å². The lowest BCUT2D eigenvalue weighted by molar-refractivity contribution is 0.727. The Bertz CT molecular complexity index is 1440. The zero-order valence-electron chi connectivity index (χ0n) is 16.2. The van der Waals surface area contributed by atoms with E-state index >= 15 is 0 Å². The molecule has 0 N–H and O–H groups in total. The van der Waals surface area contributed by atoms with Crippen molar-refractivity contribution in [1.82, 2.24) is 4.98 Å². The molecule has 1 aliphatic carbocycles. The first-order valence-corrected chi connectivity index (χ1v) is 11.1. The molecule has 0 unspecified atom stereocenters. The molecular weight excluding hydrogens is 382 g/mol. The Morgan fingerprint density at radius 2 is 1.20 bits per heavy atom. The molecule has 0 fully saturated rings. The van der Waals surface area contributed by atoms with Crippen LogP contribution in [0.4, 0.5) is 0 Å². The highest BCUT2D eigenvalue weighted by Gasteiger charge is 2.51. The smallest absolute Gasteiger partial charge is 0.0759 e. The third-order valence-electron chi connectivity index (χ3n) is 6.56. The van der Waals surface area contributed by atoms with Gasteiger partial charge in [-0.2, -0.15) is 0 Å². The zero-order valence-corrected chi connectivity index (χ0v) is 17.0. The fourth-order valence-corrected chi connectivity index (χ4v) is 6.64. The fraction of sp³-hybridized carbons (Fsp3) is 0.0357. The quantitative estimate of drug-likeness (QED) is 0.271. The van der Waals surface area contributed by atoms with Gasteiger partial charge in [-0.15, -0.1) is 0 Å². The van der Waals surface area contributed by atoms with Crippen molar-refractivity contribution < 1.29 is 0 Å². The predicted molar refractivity (Wildman–Crippen MR) is 123 cm³/mol. The molecule has 1 spiro atoms. The maximum atomic E-state index is 5.02. The van der Waals surface area contributed by atoms with Crippen LogP contribution in [0.25, 0.3) is 22.0 Å². The Labute approximate surface area is 179 Å². The molecule has 5 aromatic rings. The number of fused-ring (bicyclic) bond motifs is 11. The van der Waals surface area contributed by atoms with Crippen LogP contribution in [0.3, 0.4) is 0 Å². The molecule has 0 atom stereocenters. The van der Waals surface area contributed by atoms with Gasteiger partial charge < -0.3 is 0 Å². The van der Waals surface area contributed by atoms with Crippen LogP contribution in [-0.2, 0) is 5.41 Å². The molecule has 0 radical (unpaired) electrons. The highest BCUT2D eigenvalue weighted by atomic mass is 32.2. The lowest BCUT2D eigenvalue weighted by atomic mass is 9.66. The van der Waals surface area contributed by atoms with Crippen LogP contribution < -0.4 is 0 Å². The van der Waals surface area contributed by atoms with Crippen molar-refractivity contribution in [2.75, 3.05) is 0 Å². The van der Waals surface area contributed by atoms with Crippen LogP contribution >= 0.6 is 11.8 Å². The Kier molecular flexibility index (Phi) is 3.20. The average Bonchev–Trinajstić information content (AvgIpc) is 3.11. The highest BCUT2D eigenvalue weighted by molar-refractivity contribution is 7.99. The van der Waals surface area contributed by atoms with Crippen molar-refractivity contribution in [3.8, 4) is 11.3 Å². The summed E-state index contributed by atoms with van der Waals surface area (Å²) in [6.07, 6.45) is 2.03. The first-order chi connectivity index (χ1) is 14.9. The van der Waals surface area contributed by atoms with Crippen LogP contribution in [0.5, 0.6) is 0 Å². The van der Waals surface area contributed by atoms with Gasteiger partial charge in [0.2, 0.25) is 0 Å². The lowest BCUT2D eigenvalue weighted by Crippen LogP contribution is -2.32. The lowest BCUT2D eigenvalue weighted by Gasteiger charge is -2.39. The second-order valence-corrected chi connectivity index (χ2v) is 9.04. The zero-order chi connectivity index (χ0) is 19.7. The Morgan fingerprint density at radius 3 is 1.97 bits per heavy atom. The first kappa shape index (κ1) is 16.4. The number of nitrogens with zero attached hydrogens (tertiary/aromatic N) is 1. The van der Waals surface area contributed by atoms with E-state index in [0.717, 1.165) is 5.69 Å². The van der Waals surface area contributed by atoms with Gasteiger partial charge in [-0.25, -0.2) is 0 Å². The van der Waals surface area contributed by atoms with Gasteiger partial charge in [0.25, 0.3) is 0 Å². The molecule has 2 heteroatoms. The van der Waals surface area contributed by atoms with Gasteiger partial charge >= 0.3 is 0 Å². The van der Waals surface area contributed by atoms with E-state index in [1.807, 2.05) is 18.0 Å². The minimum atomic E-state index is -0.349. The molecule has 2 heterocycles. The first-order valence-electron chi connectivity index (χ1n) is 10.2. The third-order valence-corrected chi connectivity index (χ3v) is 7.71. The molecule has 0 bridgehead atoms. The SMILES string of the molecule is c1ccc2c(c1)Sc1ccccc1C21c2ccccc2-c2ncc3ccccc3c21. The summed E-state index contributed by atoms with van der Waals surface area (Å²) in [4.78, 5) is 7.67. The summed E-state index contributed by atoms with van der Waals surface area (Å²) < 4.78 is 0. The van der Waals surface area contributed by atoms with Crippen molar-refractivity contribution in [2.45, 2.75) is 15.2 Å².